The number of likely N-dealkylation sites (tertiary alicyclic amines) is 1. The first-order chi connectivity index (χ1) is 6.45. The van der Waals surface area contributed by atoms with E-state index in [1.165, 1.54) is 12.0 Å². The molecule has 0 bridgehead atoms. The Balaban J connectivity index is 2.42. The summed E-state index contributed by atoms with van der Waals surface area (Å²) in [7, 11) is 1.52. The van der Waals surface area contributed by atoms with Crippen LogP contribution in [0.15, 0.2) is 0 Å². The molecule has 6 heteroatoms. The van der Waals surface area contributed by atoms with Gasteiger partial charge in [-0.25, -0.2) is 4.79 Å². The minimum absolute atomic E-state index is 0.0559. The lowest BCUT2D eigenvalue weighted by Crippen LogP contribution is -2.41. The molecule has 0 aromatic rings. The lowest BCUT2D eigenvalue weighted by Gasteiger charge is -2.19. The van der Waals surface area contributed by atoms with Crippen molar-refractivity contribution < 1.29 is 23.4 Å². The maximum absolute atomic E-state index is 12.7. The van der Waals surface area contributed by atoms with Crippen molar-refractivity contribution >= 4 is 5.97 Å². The summed E-state index contributed by atoms with van der Waals surface area (Å²) in [5.74, 6) is -5.74. The summed E-state index contributed by atoms with van der Waals surface area (Å²) in [5, 5.41) is 8.22. The van der Waals surface area contributed by atoms with Crippen LogP contribution in [0, 0.1) is 0 Å². The number of carboxylic acids is 1. The SMILES string of the molecule is COC1CCN(CC(F)(F)C(=O)O)C1. The molecule has 0 aromatic heterocycles. The Morgan fingerprint density at radius 3 is 2.79 bits per heavy atom. The molecule has 1 N–H and O–H groups in total. The Labute approximate surface area is 80.4 Å². The van der Waals surface area contributed by atoms with Gasteiger partial charge in [0.25, 0.3) is 0 Å². The van der Waals surface area contributed by atoms with Gasteiger partial charge in [-0.05, 0) is 6.42 Å². The second kappa shape index (κ2) is 4.18. The van der Waals surface area contributed by atoms with Crippen molar-refractivity contribution in [1.29, 1.82) is 0 Å². The van der Waals surface area contributed by atoms with Crippen molar-refractivity contribution in [2.75, 3.05) is 26.7 Å². The number of nitrogens with zero attached hydrogens (tertiary/aromatic N) is 1. The third-order valence-electron chi connectivity index (χ3n) is 2.30. The molecule has 0 amide bonds. The number of methoxy groups -OCH3 is 1. The van der Waals surface area contributed by atoms with Gasteiger partial charge in [-0.3, -0.25) is 4.90 Å². The molecule has 1 rings (SSSR count). The first-order valence-electron chi connectivity index (χ1n) is 4.32. The minimum Gasteiger partial charge on any atom is -0.477 e. The Morgan fingerprint density at radius 1 is 1.71 bits per heavy atom. The van der Waals surface area contributed by atoms with E-state index in [0.29, 0.717) is 19.5 Å². The minimum atomic E-state index is -3.66. The molecule has 0 aliphatic carbocycles. The summed E-state index contributed by atoms with van der Waals surface area (Å²) >= 11 is 0. The molecular weight excluding hydrogens is 196 g/mol. The molecular formula is C8H13F2NO3. The number of halogens is 2. The van der Waals surface area contributed by atoms with Crippen LogP contribution in [-0.4, -0.2) is 54.7 Å². The molecule has 1 saturated heterocycles. The lowest BCUT2D eigenvalue weighted by atomic mass is 10.3. The highest BCUT2D eigenvalue weighted by Crippen LogP contribution is 2.20. The number of hydrogen-bond donors (Lipinski definition) is 1. The Kier molecular flexibility index (Phi) is 3.38. The number of rotatable bonds is 4. The Hall–Kier alpha value is -0.750. The topological polar surface area (TPSA) is 49.8 Å². The van der Waals surface area contributed by atoms with E-state index >= 15 is 0 Å². The van der Waals surface area contributed by atoms with Crippen molar-refractivity contribution in [2.24, 2.45) is 0 Å². The van der Waals surface area contributed by atoms with Crippen LogP contribution in [0.3, 0.4) is 0 Å². The third-order valence-corrected chi connectivity index (χ3v) is 2.30. The zero-order valence-electron chi connectivity index (χ0n) is 7.87. The quantitative estimate of drug-likeness (QED) is 0.729. The van der Waals surface area contributed by atoms with E-state index in [1.807, 2.05) is 0 Å². The molecule has 1 aliphatic rings. The van der Waals surface area contributed by atoms with Crippen molar-refractivity contribution in [3.05, 3.63) is 0 Å². The van der Waals surface area contributed by atoms with Crippen LogP contribution in [0.4, 0.5) is 8.78 Å². The fourth-order valence-electron chi connectivity index (χ4n) is 1.48. The number of hydrogen-bond acceptors (Lipinski definition) is 3. The van der Waals surface area contributed by atoms with E-state index in [0.717, 1.165) is 0 Å². The normalized spacial score (nSPS) is 24.1. The van der Waals surface area contributed by atoms with Gasteiger partial charge in [-0.2, -0.15) is 8.78 Å². The second-order valence-electron chi connectivity index (χ2n) is 3.39. The number of carbonyl (C=O) groups is 1. The largest absolute Gasteiger partial charge is 0.477 e. The monoisotopic (exact) mass is 209 g/mol. The van der Waals surface area contributed by atoms with Crippen molar-refractivity contribution in [1.82, 2.24) is 4.90 Å². The summed E-state index contributed by atoms with van der Waals surface area (Å²) in [6, 6.07) is 0. The van der Waals surface area contributed by atoms with E-state index in [9.17, 15) is 13.6 Å². The average Bonchev–Trinajstić information content (AvgIpc) is 2.51. The number of ether oxygens (including phenoxy) is 1. The maximum Gasteiger partial charge on any atom is 0.375 e. The first kappa shape index (κ1) is 11.3. The number of aliphatic carboxylic acids is 1. The van der Waals surface area contributed by atoms with Gasteiger partial charge >= 0.3 is 11.9 Å². The van der Waals surface area contributed by atoms with E-state index < -0.39 is 18.4 Å². The summed E-state index contributed by atoms with van der Waals surface area (Å²) in [5.41, 5.74) is 0. The highest BCUT2D eigenvalue weighted by molar-refractivity contribution is 5.75. The molecule has 1 fully saturated rings. The predicted octanol–water partition coefficient (Wildman–Crippen LogP) is 0.427. The fourth-order valence-corrected chi connectivity index (χ4v) is 1.48. The van der Waals surface area contributed by atoms with Gasteiger partial charge in [-0.1, -0.05) is 0 Å². The van der Waals surface area contributed by atoms with E-state index in [2.05, 4.69) is 0 Å². The molecule has 14 heavy (non-hydrogen) atoms. The number of alkyl halides is 2. The molecule has 1 heterocycles. The molecule has 0 radical (unpaired) electrons. The van der Waals surface area contributed by atoms with Crippen LogP contribution in [0.25, 0.3) is 0 Å². The zero-order chi connectivity index (χ0) is 10.8. The van der Waals surface area contributed by atoms with Crippen molar-refractivity contribution in [2.45, 2.75) is 18.4 Å². The Bertz CT molecular complexity index is 223. The van der Waals surface area contributed by atoms with E-state index in [-0.39, 0.29) is 6.10 Å². The van der Waals surface area contributed by atoms with Crippen LogP contribution in [-0.2, 0) is 9.53 Å². The molecule has 1 aliphatic heterocycles. The highest BCUT2D eigenvalue weighted by atomic mass is 19.3. The summed E-state index contributed by atoms with van der Waals surface area (Å²) in [6.07, 6.45) is 0.617. The molecule has 4 nitrogen and oxygen atoms in total. The predicted molar refractivity (Wildman–Crippen MR) is 44.4 cm³/mol. The summed E-state index contributed by atoms with van der Waals surface area (Å²) in [4.78, 5) is 11.6. The molecule has 0 spiro atoms. The van der Waals surface area contributed by atoms with Crippen LogP contribution in [0.5, 0.6) is 0 Å². The summed E-state index contributed by atoms with van der Waals surface area (Å²) in [6.45, 7) is 0.100. The van der Waals surface area contributed by atoms with Gasteiger partial charge in [0.1, 0.15) is 0 Å². The third kappa shape index (κ3) is 2.62. The molecule has 1 unspecified atom stereocenters. The maximum atomic E-state index is 12.7. The van der Waals surface area contributed by atoms with Crippen LogP contribution in [0.1, 0.15) is 6.42 Å². The second-order valence-corrected chi connectivity index (χ2v) is 3.39. The average molecular weight is 209 g/mol. The van der Waals surface area contributed by atoms with Crippen LogP contribution in [0.2, 0.25) is 0 Å². The van der Waals surface area contributed by atoms with Crippen molar-refractivity contribution in [3.63, 3.8) is 0 Å². The Morgan fingerprint density at radius 2 is 2.36 bits per heavy atom. The van der Waals surface area contributed by atoms with E-state index in [1.54, 1.807) is 0 Å². The van der Waals surface area contributed by atoms with E-state index in [4.69, 9.17) is 9.84 Å². The summed E-state index contributed by atoms with van der Waals surface area (Å²) < 4.78 is 30.5. The molecule has 82 valence electrons. The molecule has 0 saturated carbocycles. The standard InChI is InChI=1S/C8H13F2NO3/c1-14-6-2-3-11(4-6)5-8(9,10)7(12)13/h6H,2-5H2,1H3,(H,12,13). The fraction of sp³-hybridized carbons (Fsp3) is 0.875. The van der Waals surface area contributed by atoms with Gasteiger partial charge < -0.3 is 9.84 Å². The van der Waals surface area contributed by atoms with Gasteiger partial charge in [-0.15, -0.1) is 0 Å². The first-order valence-corrected chi connectivity index (χ1v) is 4.32. The molecule has 1 atom stereocenters. The van der Waals surface area contributed by atoms with Crippen LogP contribution >= 0.6 is 0 Å². The lowest BCUT2D eigenvalue weighted by molar-refractivity contribution is -0.167. The van der Waals surface area contributed by atoms with Crippen LogP contribution < -0.4 is 0 Å². The van der Waals surface area contributed by atoms with Crippen molar-refractivity contribution in [3.8, 4) is 0 Å². The van der Waals surface area contributed by atoms with Gasteiger partial charge in [0.15, 0.2) is 0 Å². The molecule has 0 aromatic carbocycles. The number of carboxylic acid groups (broad SMARTS) is 1. The van der Waals surface area contributed by atoms with Gasteiger partial charge in [0.2, 0.25) is 0 Å². The zero-order valence-corrected chi connectivity index (χ0v) is 7.87. The van der Waals surface area contributed by atoms with Gasteiger partial charge in [0, 0.05) is 20.2 Å². The highest BCUT2D eigenvalue weighted by Gasteiger charge is 2.42. The smallest absolute Gasteiger partial charge is 0.375 e. The van der Waals surface area contributed by atoms with Gasteiger partial charge in [0.05, 0.1) is 12.6 Å².